The van der Waals surface area contributed by atoms with E-state index in [2.05, 4.69) is 21.2 Å². The number of rotatable bonds is 4. The maximum Gasteiger partial charge on any atom is 0.292 e. The zero-order valence-electron chi connectivity index (χ0n) is 10.9. The van der Waals surface area contributed by atoms with Gasteiger partial charge in [0.15, 0.2) is 0 Å². The van der Waals surface area contributed by atoms with E-state index >= 15 is 0 Å². The molecule has 0 saturated carbocycles. The summed E-state index contributed by atoms with van der Waals surface area (Å²) in [4.78, 5) is 10.3. The van der Waals surface area contributed by atoms with E-state index in [-0.39, 0.29) is 11.4 Å². The average Bonchev–Trinajstić information content (AvgIpc) is 2.41. The number of nitro benzene ring substituents is 1. The van der Waals surface area contributed by atoms with Crippen molar-refractivity contribution in [2.75, 3.05) is 5.32 Å². The largest absolute Gasteiger partial charge is 0.373 e. The number of halogens is 3. The summed E-state index contributed by atoms with van der Waals surface area (Å²) in [6.45, 7) is 1.64. The van der Waals surface area contributed by atoms with Crippen molar-refractivity contribution in [2.24, 2.45) is 0 Å². The van der Waals surface area contributed by atoms with Crippen molar-refractivity contribution in [1.29, 1.82) is 0 Å². The molecule has 110 valence electrons. The summed E-state index contributed by atoms with van der Waals surface area (Å²) in [5.41, 5.74) is 0.0634. The lowest BCUT2D eigenvalue weighted by Crippen LogP contribution is -2.10. The Balaban J connectivity index is 2.35. The van der Waals surface area contributed by atoms with Gasteiger partial charge in [0.25, 0.3) is 5.69 Å². The number of hydrogen-bond donors (Lipinski definition) is 1. The summed E-state index contributed by atoms with van der Waals surface area (Å²) in [7, 11) is 0. The molecule has 7 heteroatoms. The van der Waals surface area contributed by atoms with Crippen LogP contribution in [-0.2, 0) is 0 Å². The van der Waals surface area contributed by atoms with E-state index in [1.165, 1.54) is 6.07 Å². The molecule has 0 aliphatic heterocycles. The van der Waals surface area contributed by atoms with Crippen LogP contribution in [0.3, 0.4) is 0 Å². The second-order valence-corrected chi connectivity index (χ2v) is 5.37. The fourth-order valence-corrected chi connectivity index (χ4v) is 2.32. The number of benzene rings is 2. The Labute approximate surface area is 128 Å². The van der Waals surface area contributed by atoms with Crippen LogP contribution in [0.4, 0.5) is 20.2 Å². The molecule has 2 rings (SSSR count). The summed E-state index contributed by atoms with van der Waals surface area (Å²) in [5, 5.41) is 13.7. The van der Waals surface area contributed by atoms with E-state index < -0.39 is 22.6 Å². The monoisotopic (exact) mass is 356 g/mol. The molecule has 0 aliphatic rings. The molecule has 1 atom stereocenters. The summed E-state index contributed by atoms with van der Waals surface area (Å²) in [5.74, 6) is -1.05. The molecule has 0 aromatic heterocycles. The van der Waals surface area contributed by atoms with E-state index in [1.807, 2.05) is 0 Å². The number of hydrogen-bond acceptors (Lipinski definition) is 3. The third kappa shape index (κ3) is 3.55. The molecule has 0 bridgehead atoms. The lowest BCUT2D eigenvalue weighted by Gasteiger charge is -2.16. The molecule has 0 radical (unpaired) electrons. The molecule has 2 aromatic rings. The van der Waals surface area contributed by atoms with Crippen LogP contribution in [0.1, 0.15) is 18.5 Å². The predicted octanol–water partition coefficient (Wildman–Crippen LogP) is 4.81. The van der Waals surface area contributed by atoms with Gasteiger partial charge in [-0.2, -0.15) is 0 Å². The van der Waals surface area contributed by atoms with Crippen molar-refractivity contribution in [2.45, 2.75) is 13.0 Å². The van der Waals surface area contributed by atoms with Gasteiger partial charge in [0.1, 0.15) is 17.3 Å². The van der Waals surface area contributed by atoms with Crippen molar-refractivity contribution >= 4 is 27.3 Å². The molecule has 0 heterocycles. The maximum absolute atomic E-state index is 13.8. The molecule has 0 aliphatic carbocycles. The van der Waals surface area contributed by atoms with Gasteiger partial charge in [0.05, 0.1) is 11.0 Å². The molecule has 0 amide bonds. The fraction of sp³-hybridized carbons (Fsp3) is 0.143. The SMILES string of the molecule is CC(Nc1cc(F)ccc1[N+](=O)[O-])c1cc(Br)ccc1F. The third-order valence-electron chi connectivity index (χ3n) is 2.95. The van der Waals surface area contributed by atoms with Crippen LogP contribution >= 0.6 is 15.9 Å². The topological polar surface area (TPSA) is 55.2 Å². The smallest absolute Gasteiger partial charge is 0.292 e. The molecule has 21 heavy (non-hydrogen) atoms. The Kier molecular flexibility index (Phi) is 4.52. The summed E-state index contributed by atoms with van der Waals surface area (Å²) in [6, 6.07) is 6.94. The van der Waals surface area contributed by atoms with Crippen molar-refractivity contribution < 1.29 is 13.7 Å². The Bertz CT molecular complexity index is 695. The van der Waals surface area contributed by atoms with Gasteiger partial charge in [-0.3, -0.25) is 10.1 Å². The van der Waals surface area contributed by atoms with Crippen LogP contribution in [-0.4, -0.2) is 4.92 Å². The Morgan fingerprint density at radius 2 is 1.95 bits per heavy atom. The van der Waals surface area contributed by atoms with Crippen LogP contribution in [0, 0.1) is 21.7 Å². The van der Waals surface area contributed by atoms with E-state index in [9.17, 15) is 18.9 Å². The Morgan fingerprint density at radius 3 is 2.62 bits per heavy atom. The summed E-state index contributed by atoms with van der Waals surface area (Å²) in [6.07, 6.45) is 0. The summed E-state index contributed by atoms with van der Waals surface area (Å²) >= 11 is 3.24. The van der Waals surface area contributed by atoms with Crippen LogP contribution in [0.15, 0.2) is 40.9 Å². The van der Waals surface area contributed by atoms with Crippen molar-refractivity contribution in [3.8, 4) is 0 Å². The molecule has 1 unspecified atom stereocenters. The first kappa shape index (κ1) is 15.4. The minimum Gasteiger partial charge on any atom is -0.373 e. The highest BCUT2D eigenvalue weighted by Crippen LogP contribution is 2.30. The third-order valence-corrected chi connectivity index (χ3v) is 3.45. The molecule has 0 saturated heterocycles. The molecule has 0 spiro atoms. The fourth-order valence-electron chi connectivity index (χ4n) is 1.94. The van der Waals surface area contributed by atoms with Gasteiger partial charge in [0.2, 0.25) is 0 Å². The van der Waals surface area contributed by atoms with Gasteiger partial charge in [-0.15, -0.1) is 0 Å². The Morgan fingerprint density at radius 1 is 1.24 bits per heavy atom. The lowest BCUT2D eigenvalue weighted by atomic mass is 10.1. The highest BCUT2D eigenvalue weighted by molar-refractivity contribution is 9.10. The van der Waals surface area contributed by atoms with Gasteiger partial charge >= 0.3 is 0 Å². The van der Waals surface area contributed by atoms with Crippen molar-refractivity contribution in [1.82, 2.24) is 0 Å². The normalized spacial score (nSPS) is 12.0. The first-order valence-corrected chi connectivity index (χ1v) is 6.83. The minimum atomic E-state index is -0.619. The molecule has 2 aromatic carbocycles. The van der Waals surface area contributed by atoms with Crippen LogP contribution in [0.5, 0.6) is 0 Å². The predicted molar refractivity (Wildman–Crippen MR) is 79.2 cm³/mol. The van der Waals surface area contributed by atoms with Gasteiger partial charge < -0.3 is 5.32 Å². The first-order chi connectivity index (χ1) is 9.88. The van der Waals surface area contributed by atoms with Crippen molar-refractivity contribution in [3.63, 3.8) is 0 Å². The zero-order chi connectivity index (χ0) is 15.6. The van der Waals surface area contributed by atoms with Gasteiger partial charge in [-0.05, 0) is 31.2 Å². The summed E-state index contributed by atoms with van der Waals surface area (Å²) < 4.78 is 27.7. The van der Waals surface area contributed by atoms with Crippen molar-refractivity contribution in [3.05, 3.63) is 68.2 Å². The highest BCUT2D eigenvalue weighted by Gasteiger charge is 2.18. The molecule has 4 nitrogen and oxygen atoms in total. The second-order valence-electron chi connectivity index (χ2n) is 4.45. The van der Waals surface area contributed by atoms with Gasteiger partial charge in [-0.25, -0.2) is 8.78 Å². The highest BCUT2D eigenvalue weighted by atomic mass is 79.9. The van der Waals surface area contributed by atoms with Crippen LogP contribution < -0.4 is 5.32 Å². The molecular weight excluding hydrogens is 346 g/mol. The van der Waals surface area contributed by atoms with Gasteiger partial charge in [-0.1, -0.05) is 15.9 Å². The maximum atomic E-state index is 13.8. The van der Waals surface area contributed by atoms with E-state index in [4.69, 9.17) is 0 Å². The van der Waals surface area contributed by atoms with Crippen LogP contribution in [0.25, 0.3) is 0 Å². The molecule has 1 N–H and O–H groups in total. The van der Waals surface area contributed by atoms with E-state index in [1.54, 1.807) is 19.1 Å². The number of nitrogens with zero attached hydrogens (tertiary/aromatic N) is 1. The number of nitro groups is 1. The Hall–Kier alpha value is -2.02. The number of nitrogens with one attached hydrogen (secondary N) is 1. The quantitative estimate of drug-likeness (QED) is 0.631. The zero-order valence-corrected chi connectivity index (χ0v) is 12.5. The first-order valence-electron chi connectivity index (χ1n) is 6.04. The van der Waals surface area contributed by atoms with Gasteiger partial charge in [0, 0.05) is 22.2 Å². The second kappa shape index (κ2) is 6.17. The molecular formula is C14H11BrF2N2O2. The lowest BCUT2D eigenvalue weighted by molar-refractivity contribution is -0.384. The van der Waals surface area contributed by atoms with E-state index in [0.717, 1.165) is 18.2 Å². The number of anilines is 1. The molecule has 0 fully saturated rings. The average molecular weight is 357 g/mol. The minimum absolute atomic E-state index is 0.00637. The van der Waals surface area contributed by atoms with E-state index in [0.29, 0.717) is 10.0 Å². The van der Waals surface area contributed by atoms with Crippen LogP contribution in [0.2, 0.25) is 0 Å². The standard InChI is InChI=1S/C14H11BrF2N2O2/c1-8(11-6-9(15)2-4-12(11)17)18-13-7-10(16)3-5-14(13)19(20)21/h2-8,18H,1H3.